The fourth-order valence-corrected chi connectivity index (χ4v) is 6.11. The zero-order valence-electron chi connectivity index (χ0n) is 19.4. The van der Waals surface area contributed by atoms with Crippen LogP contribution in [0, 0.1) is 0 Å². The van der Waals surface area contributed by atoms with Crippen LogP contribution in [-0.4, -0.2) is 0 Å². The topological polar surface area (TPSA) is 0 Å². The second kappa shape index (κ2) is 7.57. The van der Waals surface area contributed by atoms with Crippen molar-refractivity contribution >= 4 is 32.3 Å². The smallest absolute Gasteiger partial charge is 0.00132 e. The van der Waals surface area contributed by atoms with Gasteiger partial charge in [0.1, 0.15) is 0 Å². The first-order valence-electron chi connectivity index (χ1n) is 12.3. The second-order valence-electron chi connectivity index (χ2n) is 9.60. The molecule has 0 aromatic heterocycles. The molecule has 0 unspecified atom stereocenters. The van der Waals surface area contributed by atoms with E-state index in [9.17, 15) is 0 Å². The van der Waals surface area contributed by atoms with Gasteiger partial charge in [0.15, 0.2) is 0 Å². The van der Waals surface area contributed by atoms with E-state index in [0.717, 1.165) is 19.3 Å². The third-order valence-corrected chi connectivity index (χ3v) is 7.71. The van der Waals surface area contributed by atoms with Crippen LogP contribution in [0.2, 0.25) is 0 Å². The average molecular weight is 435 g/mol. The highest BCUT2D eigenvalue weighted by molar-refractivity contribution is 6.06. The van der Waals surface area contributed by atoms with Crippen molar-refractivity contribution in [2.24, 2.45) is 0 Å². The molecule has 7 rings (SSSR count). The SMILES string of the molecule is CCc1c2ccccc2c(Cc2ccc3c(c2)-c2cc4ccccc4cc2C3)c2ccccc12. The Morgan fingerprint density at radius 1 is 0.529 bits per heavy atom. The van der Waals surface area contributed by atoms with Crippen LogP contribution in [0.3, 0.4) is 0 Å². The minimum Gasteiger partial charge on any atom is -0.0616 e. The van der Waals surface area contributed by atoms with Gasteiger partial charge in [0.05, 0.1) is 0 Å². The minimum atomic E-state index is 0.946. The van der Waals surface area contributed by atoms with E-state index >= 15 is 0 Å². The predicted octanol–water partition coefficient (Wildman–Crippen LogP) is 8.87. The molecule has 0 atom stereocenters. The summed E-state index contributed by atoms with van der Waals surface area (Å²) in [5.41, 5.74) is 10.0. The lowest BCUT2D eigenvalue weighted by Gasteiger charge is -2.16. The lowest BCUT2D eigenvalue weighted by atomic mass is 9.87. The van der Waals surface area contributed by atoms with Crippen molar-refractivity contribution in [2.45, 2.75) is 26.2 Å². The maximum Gasteiger partial charge on any atom is -0.00132 e. The van der Waals surface area contributed by atoms with E-state index in [2.05, 4.69) is 110 Å². The van der Waals surface area contributed by atoms with Gasteiger partial charge in [-0.2, -0.15) is 0 Å². The van der Waals surface area contributed by atoms with Crippen LogP contribution in [-0.2, 0) is 19.3 Å². The summed E-state index contributed by atoms with van der Waals surface area (Å²) >= 11 is 0. The van der Waals surface area contributed by atoms with Gasteiger partial charge in [0.25, 0.3) is 0 Å². The lowest BCUT2D eigenvalue weighted by molar-refractivity contribution is 1.17. The summed E-state index contributed by atoms with van der Waals surface area (Å²) in [4.78, 5) is 0. The van der Waals surface area contributed by atoms with E-state index in [1.165, 1.54) is 71.3 Å². The third-order valence-electron chi connectivity index (χ3n) is 7.71. The summed E-state index contributed by atoms with van der Waals surface area (Å²) in [6.45, 7) is 2.27. The van der Waals surface area contributed by atoms with Crippen molar-refractivity contribution in [3.8, 4) is 11.1 Å². The Balaban J connectivity index is 1.40. The number of hydrogen-bond donors (Lipinski definition) is 0. The maximum atomic E-state index is 2.45. The summed E-state index contributed by atoms with van der Waals surface area (Å²) in [5.74, 6) is 0. The molecule has 6 aromatic carbocycles. The molecule has 0 radical (unpaired) electrons. The summed E-state index contributed by atoms with van der Waals surface area (Å²) in [6.07, 6.45) is 3.03. The number of rotatable bonds is 3. The fourth-order valence-electron chi connectivity index (χ4n) is 6.11. The van der Waals surface area contributed by atoms with Crippen LogP contribution in [0.5, 0.6) is 0 Å². The Labute approximate surface area is 200 Å². The normalized spacial score (nSPS) is 12.4. The number of aryl methyl sites for hydroxylation is 1. The van der Waals surface area contributed by atoms with Crippen molar-refractivity contribution in [3.63, 3.8) is 0 Å². The number of fused-ring (bicyclic) bond motifs is 6. The molecule has 0 fully saturated rings. The molecule has 1 aliphatic carbocycles. The molecule has 6 aromatic rings. The Morgan fingerprint density at radius 3 is 1.74 bits per heavy atom. The number of hydrogen-bond acceptors (Lipinski definition) is 0. The van der Waals surface area contributed by atoms with Crippen molar-refractivity contribution in [1.82, 2.24) is 0 Å². The minimum absolute atomic E-state index is 0.946. The molecule has 0 saturated heterocycles. The van der Waals surface area contributed by atoms with Gasteiger partial charge in [-0.05, 0) is 96.6 Å². The Kier molecular flexibility index (Phi) is 4.35. The standard InChI is InChI=1S/C34H26/c1-2-27-28-11-5-7-13-30(28)34(31-14-8-6-12-29(27)31)18-22-15-16-25-20-26-19-23-9-3-4-10-24(23)21-33(26)32(25)17-22/h3-17,19,21H,2,18,20H2,1H3. The second-order valence-corrected chi connectivity index (χ2v) is 9.60. The van der Waals surface area contributed by atoms with Gasteiger partial charge >= 0.3 is 0 Å². The molecule has 0 saturated carbocycles. The van der Waals surface area contributed by atoms with Crippen LogP contribution < -0.4 is 0 Å². The van der Waals surface area contributed by atoms with E-state index in [0.29, 0.717) is 0 Å². The number of benzene rings is 6. The molecule has 34 heavy (non-hydrogen) atoms. The predicted molar refractivity (Wildman–Crippen MR) is 146 cm³/mol. The quantitative estimate of drug-likeness (QED) is 0.244. The van der Waals surface area contributed by atoms with E-state index < -0.39 is 0 Å². The molecule has 0 bridgehead atoms. The van der Waals surface area contributed by atoms with Gasteiger partial charge < -0.3 is 0 Å². The summed E-state index contributed by atoms with van der Waals surface area (Å²) in [6, 6.07) is 38.6. The Hall–Kier alpha value is -3.90. The average Bonchev–Trinajstić information content (AvgIpc) is 3.24. The highest BCUT2D eigenvalue weighted by Crippen LogP contribution is 2.40. The van der Waals surface area contributed by atoms with Crippen molar-refractivity contribution in [3.05, 3.63) is 131 Å². The van der Waals surface area contributed by atoms with Crippen LogP contribution >= 0.6 is 0 Å². The molecule has 162 valence electrons. The first-order valence-corrected chi connectivity index (χ1v) is 12.3. The molecule has 0 heterocycles. The van der Waals surface area contributed by atoms with Gasteiger partial charge in [-0.15, -0.1) is 0 Å². The summed E-state index contributed by atoms with van der Waals surface area (Å²) < 4.78 is 0. The van der Waals surface area contributed by atoms with Crippen molar-refractivity contribution in [2.75, 3.05) is 0 Å². The largest absolute Gasteiger partial charge is 0.0616 e. The van der Waals surface area contributed by atoms with Gasteiger partial charge in [-0.1, -0.05) is 104 Å². The van der Waals surface area contributed by atoms with E-state index in [4.69, 9.17) is 0 Å². The van der Waals surface area contributed by atoms with Gasteiger partial charge in [0.2, 0.25) is 0 Å². The van der Waals surface area contributed by atoms with Crippen LogP contribution in [0.15, 0.2) is 103 Å². The summed E-state index contributed by atoms with van der Waals surface area (Å²) in [7, 11) is 0. The fraction of sp³-hybridized carbons (Fsp3) is 0.118. The van der Waals surface area contributed by atoms with Crippen LogP contribution in [0.4, 0.5) is 0 Å². The first-order chi connectivity index (χ1) is 16.8. The van der Waals surface area contributed by atoms with E-state index in [1.54, 1.807) is 0 Å². The molecule has 1 aliphatic rings. The maximum absolute atomic E-state index is 2.45. The molecule has 0 amide bonds. The van der Waals surface area contributed by atoms with Gasteiger partial charge in [-0.3, -0.25) is 0 Å². The van der Waals surface area contributed by atoms with Gasteiger partial charge in [0, 0.05) is 0 Å². The van der Waals surface area contributed by atoms with E-state index in [-0.39, 0.29) is 0 Å². The highest BCUT2D eigenvalue weighted by Gasteiger charge is 2.20. The van der Waals surface area contributed by atoms with E-state index in [1.807, 2.05) is 0 Å². The monoisotopic (exact) mass is 434 g/mol. The molecular formula is C34H26. The molecule has 0 nitrogen and oxygen atoms in total. The van der Waals surface area contributed by atoms with Crippen LogP contribution in [0.1, 0.15) is 34.7 Å². The Bertz CT molecular complexity index is 1680. The van der Waals surface area contributed by atoms with Crippen molar-refractivity contribution in [1.29, 1.82) is 0 Å². The molecule has 0 N–H and O–H groups in total. The van der Waals surface area contributed by atoms with Gasteiger partial charge in [-0.25, -0.2) is 0 Å². The molecule has 0 spiro atoms. The molecular weight excluding hydrogens is 408 g/mol. The Morgan fingerprint density at radius 2 is 1.09 bits per heavy atom. The molecule has 0 heteroatoms. The zero-order chi connectivity index (χ0) is 22.6. The third kappa shape index (κ3) is 2.92. The van der Waals surface area contributed by atoms with Crippen molar-refractivity contribution < 1.29 is 0 Å². The zero-order valence-corrected chi connectivity index (χ0v) is 19.4. The lowest BCUT2D eigenvalue weighted by Crippen LogP contribution is -1.97. The first kappa shape index (κ1) is 19.6. The summed E-state index contributed by atoms with van der Waals surface area (Å²) in [5, 5.41) is 8.25. The molecule has 0 aliphatic heterocycles. The highest BCUT2D eigenvalue weighted by atomic mass is 14.2. The van der Waals surface area contributed by atoms with Crippen LogP contribution in [0.25, 0.3) is 43.4 Å².